The van der Waals surface area contributed by atoms with Crippen molar-refractivity contribution in [2.45, 2.75) is 51.9 Å². The van der Waals surface area contributed by atoms with Crippen molar-refractivity contribution in [3.8, 4) is 0 Å². The SMILES string of the molecule is CC1CCN(CCCCCCCN)CC1. The normalized spacial score (nSPS) is 19.6. The van der Waals surface area contributed by atoms with E-state index in [4.69, 9.17) is 5.73 Å². The van der Waals surface area contributed by atoms with Crippen LogP contribution < -0.4 is 5.73 Å². The Labute approximate surface area is 95.2 Å². The van der Waals surface area contributed by atoms with E-state index in [1.165, 1.54) is 64.6 Å². The largest absolute Gasteiger partial charge is 0.330 e. The lowest BCUT2D eigenvalue weighted by atomic mass is 9.99. The molecule has 0 aromatic rings. The highest BCUT2D eigenvalue weighted by molar-refractivity contribution is 4.69. The Morgan fingerprint density at radius 1 is 1.00 bits per heavy atom. The lowest BCUT2D eigenvalue weighted by Gasteiger charge is -2.30. The molecule has 2 nitrogen and oxygen atoms in total. The Balaban J connectivity index is 1.87. The third-order valence-corrected chi connectivity index (χ3v) is 3.55. The minimum absolute atomic E-state index is 0.865. The molecule has 1 saturated heterocycles. The smallest absolute Gasteiger partial charge is 0.00162 e. The Hall–Kier alpha value is -0.0800. The van der Waals surface area contributed by atoms with Gasteiger partial charge in [0.1, 0.15) is 0 Å². The van der Waals surface area contributed by atoms with Gasteiger partial charge in [0.25, 0.3) is 0 Å². The molecule has 1 rings (SSSR count). The van der Waals surface area contributed by atoms with Crippen LogP contribution in [-0.4, -0.2) is 31.1 Å². The third-order valence-electron chi connectivity index (χ3n) is 3.55. The molecule has 15 heavy (non-hydrogen) atoms. The molecule has 0 spiro atoms. The van der Waals surface area contributed by atoms with Gasteiger partial charge in [0.2, 0.25) is 0 Å². The summed E-state index contributed by atoms with van der Waals surface area (Å²) in [5.41, 5.74) is 5.46. The maximum absolute atomic E-state index is 5.46. The lowest BCUT2D eigenvalue weighted by molar-refractivity contribution is 0.189. The standard InChI is InChI=1S/C13H28N2/c1-13-7-11-15(12-8-13)10-6-4-2-3-5-9-14/h13H,2-12,14H2,1H3. The van der Waals surface area contributed by atoms with Crippen molar-refractivity contribution >= 4 is 0 Å². The quantitative estimate of drug-likeness (QED) is 0.657. The van der Waals surface area contributed by atoms with Gasteiger partial charge in [-0.3, -0.25) is 0 Å². The first-order chi connectivity index (χ1) is 7.33. The molecule has 0 amide bonds. The Morgan fingerprint density at radius 2 is 1.60 bits per heavy atom. The van der Waals surface area contributed by atoms with Crippen LogP contribution in [0.1, 0.15) is 51.9 Å². The van der Waals surface area contributed by atoms with Crippen LogP contribution in [0.25, 0.3) is 0 Å². The molecular formula is C13H28N2. The van der Waals surface area contributed by atoms with Crippen LogP contribution in [-0.2, 0) is 0 Å². The van der Waals surface area contributed by atoms with Crippen LogP contribution in [0.15, 0.2) is 0 Å². The molecule has 0 atom stereocenters. The zero-order valence-corrected chi connectivity index (χ0v) is 10.4. The highest BCUT2D eigenvalue weighted by atomic mass is 15.1. The average Bonchev–Trinajstić information content (AvgIpc) is 2.26. The van der Waals surface area contributed by atoms with Gasteiger partial charge in [-0.1, -0.05) is 26.2 Å². The molecule has 0 aliphatic carbocycles. The van der Waals surface area contributed by atoms with Gasteiger partial charge in [0, 0.05) is 0 Å². The zero-order chi connectivity index (χ0) is 10.9. The summed E-state index contributed by atoms with van der Waals surface area (Å²) in [7, 11) is 0. The molecule has 0 unspecified atom stereocenters. The number of hydrogen-bond donors (Lipinski definition) is 1. The van der Waals surface area contributed by atoms with Gasteiger partial charge in [-0.25, -0.2) is 0 Å². The van der Waals surface area contributed by atoms with Gasteiger partial charge in [0.15, 0.2) is 0 Å². The second-order valence-electron chi connectivity index (χ2n) is 5.08. The van der Waals surface area contributed by atoms with Crippen LogP contribution in [0.3, 0.4) is 0 Å². The second kappa shape index (κ2) is 8.12. The predicted octanol–water partition coefficient (Wildman–Crippen LogP) is 2.63. The number of nitrogens with zero attached hydrogens (tertiary/aromatic N) is 1. The summed E-state index contributed by atoms with van der Waals surface area (Å²) < 4.78 is 0. The topological polar surface area (TPSA) is 29.3 Å². The van der Waals surface area contributed by atoms with Gasteiger partial charge < -0.3 is 10.6 Å². The summed E-state index contributed by atoms with van der Waals surface area (Å²) in [6.45, 7) is 7.25. The average molecular weight is 212 g/mol. The minimum atomic E-state index is 0.865. The van der Waals surface area contributed by atoms with Crippen molar-refractivity contribution in [1.82, 2.24) is 4.90 Å². The Morgan fingerprint density at radius 3 is 2.27 bits per heavy atom. The second-order valence-corrected chi connectivity index (χ2v) is 5.08. The highest BCUT2D eigenvalue weighted by Crippen LogP contribution is 2.16. The molecule has 0 saturated carbocycles. The summed E-state index contributed by atoms with van der Waals surface area (Å²) in [5.74, 6) is 0.964. The first-order valence-corrected chi connectivity index (χ1v) is 6.75. The van der Waals surface area contributed by atoms with Crippen LogP contribution in [0, 0.1) is 5.92 Å². The first kappa shape index (κ1) is 13.0. The monoisotopic (exact) mass is 212 g/mol. The van der Waals surface area contributed by atoms with Crippen LogP contribution >= 0.6 is 0 Å². The molecule has 90 valence electrons. The van der Waals surface area contributed by atoms with Crippen molar-refractivity contribution in [2.24, 2.45) is 11.7 Å². The fourth-order valence-electron chi connectivity index (χ4n) is 2.30. The summed E-state index contributed by atoms with van der Waals surface area (Å²) in [5, 5.41) is 0. The maximum atomic E-state index is 5.46. The summed E-state index contributed by atoms with van der Waals surface area (Å²) in [6.07, 6.45) is 9.52. The third kappa shape index (κ3) is 6.16. The van der Waals surface area contributed by atoms with Gasteiger partial charge >= 0.3 is 0 Å². The van der Waals surface area contributed by atoms with Crippen molar-refractivity contribution in [3.05, 3.63) is 0 Å². The molecule has 0 aromatic heterocycles. The van der Waals surface area contributed by atoms with Gasteiger partial charge in [0.05, 0.1) is 0 Å². The van der Waals surface area contributed by atoms with E-state index in [0.29, 0.717) is 0 Å². The van der Waals surface area contributed by atoms with E-state index in [2.05, 4.69) is 11.8 Å². The number of nitrogens with two attached hydrogens (primary N) is 1. The highest BCUT2D eigenvalue weighted by Gasteiger charge is 2.14. The molecule has 0 radical (unpaired) electrons. The molecule has 2 N–H and O–H groups in total. The van der Waals surface area contributed by atoms with Crippen molar-refractivity contribution < 1.29 is 0 Å². The fourth-order valence-corrected chi connectivity index (χ4v) is 2.30. The minimum Gasteiger partial charge on any atom is -0.330 e. The van der Waals surface area contributed by atoms with E-state index in [-0.39, 0.29) is 0 Å². The molecule has 1 aliphatic rings. The number of unbranched alkanes of at least 4 members (excludes halogenated alkanes) is 4. The van der Waals surface area contributed by atoms with Gasteiger partial charge in [-0.15, -0.1) is 0 Å². The first-order valence-electron chi connectivity index (χ1n) is 6.75. The van der Waals surface area contributed by atoms with Gasteiger partial charge in [-0.05, 0) is 57.8 Å². The summed E-state index contributed by atoms with van der Waals surface area (Å²) >= 11 is 0. The van der Waals surface area contributed by atoms with E-state index < -0.39 is 0 Å². The lowest BCUT2D eigenvalue weighted by Crippen LogP contribution is -2.33. The van der Waals surface area contributed by atoms with E-state index >= 15 is 0 Å². The number of piperidine rings is 1. The van der Waals surface area contributed by atoms with E-state index in [9.17, 15) is 0 Å². The maximum Gasteiger partial charge on any atom is -0.00162 e. The number of rotatable bonds is 7. The number of likely N-dealkylation sites (tertiary alicyclic amines) is 1. The molecular weight excluding hydrogens is 184 g/mol. The van der Waals surface area contributed by atoms with E-state index in [1.54, 1.807) is 0 Å². The van der Waals surface area contributed by atoms with E-state index in [1.807, 2.05) is 0 Å². The predicted molar refractivity (Wildman–Crippen MR) is 67.0 cm³/mol. The molecule has 1 fully saturated rings. The van der Waals surface area contributed by atoms with Crippen LogP contribution in [0.5, 0.6) is 0 Å². The summed E-state index contributed by atoms with van der Waals surface area (Å²) in [4.78, 5) is 2.64. The molecule has 2 heteroatoms. The van der Waals surface area contributed by atoms with Crippen LogP contribution in [0.4, 0.5) is 0 Å². The Bertz CT molecular complexity index is 139. The summed E-state index contributed by atoms with van der Waals surface area (Å²) in [6, 6.07) is 0. The molecule has 1 heterocycles. The van der Waals surface area contributed by atoms with Gasteiger partial charge in [-0.2, -0.15) is 0 Å². The molecule has 1 aliphatic heterocycles. The van der Waals surface area contributed by atoms with Crippen molar-refractivity contribution in [2.75, 3.05) is 26.2 Å². The molecule has 0 bridgehead atoms. The van der Waals surface area contributed by atoms with Crippen molar-refractivity contribution in [3.63, 3.8) is 0 Å². The van der Waals surface area contributed by atoms with Crippen molar-refractivity contribution in [1.29, 1.82) is 0 Å². The number of hydrogen-bond acceptors (Lipinski definition) is 2. The van der Waals surface area contributed by atoms with Crippen LogP contribution in [0.2, 0.25) is 0 Å². The fraction of sp³-hybridized carbons (Fsp3) is 1.00. The zero-order valence-electron chi connectivity index (χ0n) is 10.4. The molecule has 0 aromatic carbocycles. The Kier molecular flexibility index (Phi) is 7.03. The van der Waals surface area contributed by atoms with E-state index in [0.717, 1.165) is 12.5 Å².